The minimum absolute atomic E-state index is 0.0654. The summed E-state index contributed by atoms with van der Waals surface area (Å²) in [6.45, 7) is 1.68. The Bertz CT molecular complexity index is 696. The Kier molecular flexibility index (Phi) is 3.89. The number of anilines is 1. The van der Waals surface area contributed by atoms with Crippen LogP contribution in [0.25, 0.3) is 10.2 Å². The Morgan fingerprint density at radius 3 is 2.90 bits per heavy atom. The van der Waals surface area contributed by atoms with Crippen LogP contribution in [0.1, 0.15) is 6.92 Å². The number of hydrogen-bond acceptors (Lipinski definition) is 7. The zero-order valence-corrected chi connectivity index (χ0v) is 11.1. The monoisotopic (exact) mass is 295 g/mol. The number of esters is 1. The number of ether oxygens (including phenoxy) is 1. The third-order valence-corrected chi connectivity index (χ3v) is 3.20. The number of aromatic nitrogens is 1. The molecule has 8 nitrogen and oxygen atoms in total. The largest absolute Gasteiger partial charge is 0.459 e. The summed E-state index contributed by atoms with van der Waals surface area (Å²) < 4.78 is 5.08. The van der Waals surface area contributed by atoms with Gasteiger partial charge in [0.25, 0.3) is 5.69 Å². The molecular weight excluding hydrogens is 286 g/mol. The quantitative estimate of drug-likeness (QED) is 0.399. The van der Waals surface area contributed by atoms with Gasteiger partial charge in [-0.05, 0) is 13.0 Å². The summed E-state index contributed by atoms with van der Waals surface area (Å²) in [5.74, 6) is -1.93. The maximum Gasteiger partial charge on any atom is 0.397 e. The van der Waals surface area contributed by atoms with Crippen LogP contribution < -0.4 is 5.32 Å². The van der Waals surface area contributed by atoms with Crippen molar-refractivity contribution in [1.29, 1.82) is 0 Å². The van der Waals surface area contributed by atoms with Gasteiger partial charge >= 0.3 is 11.9 Å². The van der Waals surface area contributed by atoms with Crippen molar-refractivity contribution in [2.75, 3.05) is 11.9 Å². The van der Waals surface area contributed by atoms with Crippen molar-refractivity contribution >= 4 is 44.2 Å². The Balaban J connectivity index is 2.22. The van der Waals surface area contributed by atoms with Crippen LogP contribution in [0.3, 0.4) is 0 Å². The molecule has 0 saturated heterocycles. The van der Waals surface area contributed by atoms with Crippen LogP contribution in [-0.2, 0) is 14.3 Å². The lowest BCUT2D eigenvalue weighted by Crippen LogP contribution is -2.24. The summed E-state index contributed by atoms with van der Waals surface area (Å²) in [5.41, 5.74) is 0.434. The van der Waals surface area contributed by atoms with Crippen molar-refractivity contribution in [2.24, 2.45) is 0 Å². The van der Waals surface area contributed by atoms with E-state index in [4.69, 9.17) is 0 Å². The number of hydrogen-bond donors (Lipinski definition) is 1. The number of nitro groups is 1. The average molecular weight is 295 g/mol. The number of carbonyl (C=O) groups excluding carboxylic acids is 2. The van der Waals surface area contributed by atoms with E-state index in [2.05, 4.69) is 15.0 Å². The molecular formula is C11H9N3O5S. The molecule has 104 valence electrons. The number of rotatable bonds is 3. The number of carbonyl (C=O) groups is 2. The van der Waals surface area contributed by atoms with Gasteiger partial charge in [-0.15, -0.1) is 0 Å². The van der Waals surface area contributed by atoms with E-state index in [9.17, 15) is 19.7 Å². The van der Waals surface area contributed by atoms with Crippen molar-refractivity contribution in [2.45, 2.75) is 6.92 Å². The zero-order chi connectivity index (χ0) is 14.7. The van der Waals surface area contributed by atoms with Crippen LogP contribution in [-0.4, -0.2) is 28.4 Å². The van der Waals surface area contributed by atoms with Gasteiger partial charge in [-0.3, -0.25) is 20.2 Å². The molecule has 0 fully saturated rings. The fraction of sp³-hybridized carbons (Fsp3) is 0.182. The van der Waals surface area contributed by atoms with E-state index in [1.54, 1.807) is 6.92 Å². The minimum Gasteiger partial charge on any atom is -0.459 e. The molecule has 2 rings (SSSR count). The molecule has 0 unspecified atom stereocenters. The zero-order valence-electron chi connectivity index (χ0n) is 10.3. The van der Waals surface area contributed by atoms with E-state index >= 15 is 0 Å². The van der Waals surface area contributed by atoms with Gasteiger partial charge in [-0.1, -0.05) is 11.3 Å². The number of non-ortho nitro benzene ring substituents is 1. The molecule has 0 aliphatic carbocycles. The molecule has 1 N–H and O–H groups in total. The highest BCUT2D eigenvalue weighted by Crippen LogP contribution is 2.29. The molecule has 1 aromatic heterocycles. The van der Waals surface area contributed by atoms with E-state index in [1.807, 2.05) is 0 Å². The summed E-state index contributed by atoms with van der Waals surface area (Å²) in [6, 6.07) is 4.15. The van der Waals surface area contributed by atoms with Gasteiger partial charge in [0.1, 0.15) is 0 Å². The van der Waals surface area contributed by atoms with E-state index in [0.29, 0.717) is 10.2 Å². The summed E-state index contributed by atoms with van der Waals surface area (Å²) in [7, 11) is 0. The molecule has 20 heavy (non-hydrogen) atoms. The number of benzene rings is 1. The summed E-state index contributed by atoms with van der Waals surface area (Å²) in [5, 5.41) is 13.1. The lowest BCUT2D eigenvalue weighted by atomic mass is 10.3. The first-order chi connectivity index (χ1) is 9.51. The third kappa shape index (κ3) is 2.88. The number of nitrogens with one attached hydrogen (secondary N) is 1. The lowest BCUT2D eigenvalue weighted by molar-refractivity contribution is -0.384. The first kappa shape index (κ1) is 13.9. The summed E-state index contributed by atoms with van der Waals surface area (Å²) in [4.78, 5) is 36.8. The fourth-order valence-corrected chi connectivity index (χ4v) is 2.32. The van der Waals surface area contributed by atoms with Gasteiger partial charge in [0.05, 0.1) is 21.7 Å². The predicted octanol–water partition coefficient (Wildman–Crippen LogP) is 1.71. The second-order valence-corrected chi connectivity index (χ2v) is 4.63. The Labute approximate surface area is 116 Å². The van der Waals surface area contributed by atoms with E-state index in [-0.39, 0.29) is 17.4 Å². The smallest absolute Gasteiger partial charge is 0.397 e. The standard InChI is InChI=1S/C11H9N3O5S/c1-2-19-10(16)9(15)13-11-12-7-4-3-6(14(17)18)5-8(7)20-11/h3-5H,2H2,1H3,(H,12,13,15). The van der Waals surface area contributed by atoms with E-state index in [0.717, 1.165) is 11.3 Å². The lowest BCUT2D eigenvalue weighted by Gasteiger charge is -2.00. The first-order valence-corrected chi connectivity index (χ1v) is 6.36. The fourth-order valence-electron chi connectivity index (χ4n) is 1.43. The molecule has 9 heteroatoms. The van der Waals surface area contributed by atoms with Crippen LogP contribution >= 0.6 is 11.3 Å². The normalized spacial score (nSPS) is 10.2. The number of amides is 1. The second-order valence-electron chi connectivity index (χ2n) is 3.60. The van der Waals surface area contributed by atoms with Crippen molar-refractivity contribution < 1.29 is 19.2 Å². The SMILES string of the molecule is CCOC(=O)C(=O)Nc1nc2ccc([N+](=O)[O-])cc2s1. The highest BCUT2D eigenvalue weighted by atomic mass is 32.1. The van der Waals surface area contributed by atoms with E-state index in [1.165, 1.54) is 18.2 Å². The molecule has 0 spiro atoms. The van der Waals surface area contributed by atoms with Crippen LogP contribution in [0.2, 0.25) is 0 Å². The summed E-state index contributed by atoms with van der Waals surface area (Å²) in [6.07, 6.45) is 0. The van der Waals surface area contributed by atoms with Gasteiger partial charge in [0, 0.05) is 12.1 Å². The number of nitro benzene ring substituents is 1. The van der Waals surface area contributed by atoms with Crippen LogP contribution in [0, 0.1) is 10.1 Å². The maximum absolute atomic E-state index is 11.4. The molecule has 0 radical (unpaired) electrons. The molecule has 2 aromatic rings. The van der Waals surface area contributed by atoms with Gasteiger partial charge < -0.3 is 4.74 Å². The third-order valence-electron chi connectivity index (χ3n) is 2.26. The number of thiazole rings is 1. The Hall–Kier alpha value is -2.55. The molecule has 1 aromatic carbocycles. The molecule has 0 aliphatic rings. The van der Waals surface area contributed by atoms with Crippen molar-refractivity contribution in [3.63, 3.8) is 0 Å². The van der Waals surface area contributed by atoms with Crippen LogP contribution in [0.15, 0.2) is 18.2 Å². The molecule has 0 saturated carbocycles. The Morgan fingerprint density at radius 1 is 1.50 bits per heavy atom. The van der Waals surface area contributed by atoms with Crippen molar-refractivity contribution in [1.82, 2.24) is 4.98 Å². The summed E-state index contributed by atoms with van der Waals surface area (Å²) >= 11 is 1.04. The number of fused-ring (bicyclic) bond motifs is 1. The maximum atomic E-state index is 11.4. The molecule has 1 heterocycles. The van der Waals surface area contributed by atoms with Crippen molar-refractivity contribution in [3.8, 4) is 0 Å². The molecule has 0 aliphatic heterocycles. The van der Waals surface area contributed by atoms with Gasteiger partial charge in [-0.25, -0.2) is 9.78 Å². The molecule has 1 amide bonds. The highest BCUT2D eigenvalue weighted by molar-refractivity contribution is 7.22. The topological polar surface area (TPSA) is 111 Å². The van der Waals surface area contributed by atoms with Gasteiger partial charge in [0.2, 0.25) is 0 Å². The molecule has 0 bridgehead atoms. The minimum atomic E-state index is -1.00. The second kappa shape index (κ2) is 5.61. The predicted molar refractivity (Wildman–Crippen MR) is 71.5 cm³/mol. The highest BCUT2D eigenvalue weighted by Gasteiger charge is 2.17. The average Bonchev–Trinajstić information content (AvgIpc) is 2.79. The number of nitrogens with zero attached hydrogens (tertiary/aromatic N) is 2. The molecule has 0 atom stereocenters. The van der Waals surface area contributed by atoms with Gasteiger partial charge in [-0.2, -0.15) is 0 Å². The van der Waals surface area contributed by atoms with Crippen LogP contribution in [0.4, 0.5) is 10.8 Å². The first-order valence-electron chi connectivity index (χ1n) is 5.54. The van der Waals surface area contributed by atoms with Crippen molar-refractivity contribution in [3.05, 3.63) is 28.3 Å². The van der Waals surface area contributed by atoms with Crippen LogP contribution in [0.5, 0.6) is 0 Å². The Morgan fingerprint density at radius 2 is 2.25 bits per heavy atom. The van der Waals surface area contributed by atoms with E-state index < -0.39 is 16.8 Å². The van der Waals surface area contributed by atoms with Gasteiger partial charge in [0.15, 0.2) is 5.13 Å².